The van der Waals surface area contributed by atoms with Gasteiger partial charge in [-0.15, -0.1) is 0 Å². The molecule has 33 heavy (non-hydrogen) atoms. The fraction of sp³-hybridized carbons (Fsp3) is 0.296. The standard InChI is InChI=1S/C27H30N4O2/c1-2-21-10-12-23(13-11-21)33-20-6-19-31-25-8-4-3-7-24(25)30-26(31)9-5-16-29-27(32)22-14-17-28-18-15-22/h3-4,7-8,10-15,17-18H,2,5-6,9,16,19-20H2,1H3,(H,29,32). The summed E-state index contributed by atoms with van der Waals surface area (Å²) in [6.07, 6.45) is 6.79. The summed E-state index contributed by atoms with van der Waals surface area (Å²) < 4.78 is 8.22. The number of carbonyl (C=O) groups is 1. The van der Waals surface area contributed by atoms with Crippen LogP contribution in [0, 0.1) is 0 Å². The first-order valence-corrected chi connectivity index (χ1v) is 11.6. The highest BCUT2D eigenvalue weighted by molar-refractivity contribution is 5.93. The quantitative estimate of drug-likeness (QED) is 0.338. The Morgan fingerprint density at radius 2 is 1.79 bits per heavy atom. The molecule has 0 saturated carbocycles. The summed E-state index contributed by atoms with van der Waals surface area (Å²) in [5, 5.41) is 2.98. The lowest BCUT2D eigenvalue weighted by Crippen LogP contribution is -2.25. The van der Waals surface area contributed by atoms with E-state index >= 15 is 0 Å². The van der Waals surface area contributed by atoms with Crippen LogP contribution < -0.4 is 10.1 Å². The second-order valence-electron chi connectivity index (χ2n) is 7.96. The summed E-state index contributed by atoms with van der Waals surface area (Å²) in [6.45, 7) is 4.24. The van der Waals surface area contributed by atoms with Crippen molar-refractivity contribution in [3.8, 4) is 5.75 Å². The Labute approximate surface area is 194 Å². The lowest BCUT2D eigenvalue weighted by atomic mass is 10.2. The molecule has 1 amide bonds. The number of hydrogen-bond donors (Lipinski definition) is 1. The molecule has 0 saturated heterocycles. The molecule has 6 heteroatoms. The average molecular weight is 443 g/mol. The highest BCUT2D eigenvalue weighted by Crippen LogP contribution is 2.18. The van der Waals surface area contributed by atoms with Gasteiger partial charge in [0.15, 0.2) is 0 Å². The Balaban J connectivity index is 1.31. The molecule has 0 aliphatic rings. The van der Waals surface area contributed by atoms with Gasteiger partial charge in [0.2, 0.25) is 0 Å². The molecule has 2 heterocycles. The second kappa shape index (κ2) is 11.3. The van der Waals surface area contributed by atoms with Crippen LogP contribution >= 0.6 is 0 Å². The van der Waals surface area contributed by atoms with Crippen LogP contribution in [0.2, 0.25) is 0 Å². The molecule has 0 atom stereocenters. The van der Waals surface area contributed by atoms with Crippen molar-refractivity contribution >= 4 is 16.9 Å². The van der Waals surface area contributed by atoms with E-state index in [1.165, 1.54) is 5.56 Å². The van der Waals surface area contributed by atoms with Crippen LogP contribution in [0.25, 0.3) is 11.0 Å². The van der Waals surface area contributed by atoms with Crippen molar-refractivity contribution < 1.29 is 9.53 Å². The molecule has 2 aromatic heterocycles. The van der Waals surface area contributed by atoms with Gasteiger partial charge in [0.1, 0.15) is 11.6 Å². The summed E-state index contributed by atoms with van der Waals surface area (Å²) in [6, 6.07) is 20.0. The van der Waals surface area contributed by atoms with Gasteiger partial charge < -0.3 is 14.6 Å². The SMILES string of the molecule is CCc1ccc(OCCCn2c(CCCNC(=O)c3ccncc3)nc3ccccc32)cc1. The van der Waals surface area contributed by atoms with E-state index < -0.39 is 0 Å². The molecule has 4 aromatic rings. The van der Waals surface area contributed by atoms with Crippen molar-refractivity contribution in [2.24, 2.45) is 0 Å². The number of hydrogen-bond acceptors (Lipinski definition) is 4. The van der Waals surface area contributed by atoms with Gasteiger partial charge in [-0.1, -0.05) is 31.2 Å². The Morgan fingerprint density at radius 1 is 1.00 bits per heavy atom. The number of ether oxygens (including phenoxy) is 1. The smallest absolute Gasteiger partial charge is 0.251 e. The molecular formula is C27H30N4O2. The molecule has 0 bridgehead atoms. The minimum Gasteiger partial charge on any atom is -0.494 e. The first-order chi connectivity index (χ1) is 16.2. The van der Waals surface area contributed by atoms with Crippen LogP contribution in [0.4, 0.5) is 0 Å². The number of aromatic nitrogens is 3. The van der Waals surface area contributed by atoms with Crippen LogP contribution in [0.3, 0.4) is 0 Å². The number of nitrogens with zero attached hydrogens (tertiary/aromatic N) is 3. The van der Waals surface area contributed by atoms with Gasteiger partial charge in [0, 0.05) is 37.5 Å². The molecular weight excluding hydrogens is 412 g/mol. The fourth-order valence-corrected chi connectivity index (χ4v) is 3.85. The van der Waals surface area contributed by atoms with E-state index in [1.54, 1.807) is 24.5 Å². The van der Waals surface area contributed by atoms with E-state index in [2.05, 4.69) is 40.0 Å². The minimum absolute atomic E-state index is 0.0741. The predicted octanol–water partition coefficient (Wildman–Crippen LogP) is 4.83. The summed E-state index contributed by atoms with van der Waals surface area (Å²) >= 11 is 0. The predicted molar refractivity (Wildman–Crippen MR) is 131 cm³/mol. The van der Waals surface area contributed by atoms with E-state index in [-0.39, 0.29) is 5.91 Å². The number of benzene rings is 2. The summed E-state index contributed by atoms with van der Waals surface area (Å²) in [5.74, 6) is 1.88. The molecule has 0 unspecified atom stereocenters. The molecule has 0 aliphatic carbocycles. The van der Waals surface area contributed by atoms with E-state index in [1.807, 2.05) is 30.3 Å². The number of para-hydroxylation sites is 2. The number of imidazole rings is 1. The van der Waals surface area contributed by atoms with E-state index in [0.29, 0.717) is 18.7 Å². The molecule has 170 valence electrons. The zero-order chi connectivity index (χ0) is 22.9. The number of amides is 1. The molecule has 6 nitrogen and oxygen atoms in total. The number of pyridine rings is 1. The average Bonchev–Trinajstić information content (AvgIpc) is 3.22. The molecule has 0 radical (unpaired) electrons. The fourth-order valence-electron chi connectivity index (χ4n) is 3.85. The van der Waals surface area contributed by atoms with E-state index in [4.69, 9.17) is 9.72 Å². The van der Waals surface area contributed by atoms with Gasteiger partial charge in [0.25, 0.3) is 5.91 Å². The third kappa shape index (κ3) is 5.98. The van der Waals surface area contributed by atoms with Gasteiger partial charge in [-0.2, -0.15) is 0 Å². The molecule has 1 N–H and O–H groups in total. The van der Waals surface area contributed by atoms with Crippen molar-refractivity contribution in [3.05, 3.63) is 90.0 Å². The van der Waals surface area contributed by atoms with Crippen LogP contribution in [0.1, 0.15) is 41.5 Å². The van der Waals surface area contributed by atoms with E-state index in [0.717, 1.165) is 54.8 Å². The Kier molecular flexibility index (Phi) is 7.69. The Bertz CT molecular complexity index is 1170. The van der Waals surface area contributed by atoms with Crippen LogP contribution in [-0.4, -0.2) is 33.6 Å². The number of rotatable bonds is 11. The summed E-state index contributed by atoms with van der Waals surface area (Å²) in [5.41, 5.74) is 4.08. The largest absolute Gasteiger partial charge is 0.494 e. The maximum absolute atomic E-state index is 12.2. The molecule has 2 aromatic carbocycles. The van der Waals surface area contributed by atoms with Crippen molar-refractivity contribution in [2.75, 3.05) is 13.2 Å². The van der Waals surface area contributed by atoms with E-state index in [9.17, 15) is 4.79 Å². The highest BCUT2D eigenvalue weighted by Gasteiger charge is 2.11. The number of nitrogens with one attached hydrogen (secondary N) is 1. The summed E-state index contributed by atoms with van der Waals surface area (Å²) in [4.78, 5) is 21.0. The van der Waals surface area contributed by atoms with Crippen LogP contribution in [0.5, 0.6) is 5.75 Å². The van der Waals surface area contributed by atoms with Gasteiger partial charge in [0.05, 0.1) is 17.6 Å². The normalized spacial score (nSPS) is 10.9. The lowest BCUT2D eigenvalue weighted by molar-refractivity contribution is 0.0953. The van der Waals surface area contributed by atoms with Crippen molar-refractivity contribution in [1.82, 2.24) is 19.9 Å². The van der Waals surface area contributed by atoms with Crippen LogP contribution in [0.15, 0.2) is 73.1 Å². The Morgan fingerprint density at radius 3 is 2.58 bits per heavy atom. The molecule has 0 fully saturated rings. The molecule has 0 aliphatic heterocycles. The monoisotopic (exact) mass is 442 g/mol. The third-order valence-corrected chi connectivity index (χ3v) is 5.67. The van der Waals surface area contributed by atoms with Gasteiger partial charge in [-0.05, 0) is 61.2 Å². The number of fused-ring (bicyclic) bond motifs is 1. The number of carbonyl (C=O) groups excluding carboxylic acids is 1. The van der Waals surface area contributed by atoms with Gasteiger partial charge >= 0.3 is 0 Å². The van der Waals surface area contributed by atoms with Gasteiger partial charge in [-0.25, -0.2) is 4.98 Å². The van der Waals surface area contributed by atoms with Crippen LogP contribution in [-0.2, 0) is 19.4 Å². The van der Waals surface area contributed by atoms with Crippen molar-refractivity contribution in [2.45, 2.75) is 39.2 Å². The summed E-state index contributed by atoms with van der Waals surface area (Å²) in [7, 11) is 0. The zero-order valence-corrected chi connectivity index (χ0v) is 19.0. The second-order valence-corrected chi connectivity index (χ2v) is 7.96. The van der Waals surface area contributed by atoms with Crippen molar-refractivity contribution in [1.29, 1.82) is 0 Å². The minimum atomic E-state index is -0.0741. The maximum atomic E-state index is 12.2. The highest BCUT2D eigenvalue weighted by atomic mass is 16.5. The molecule has 4 rings (SSSR count). The topological polar surface area (TPSA) is 69.0 Å². The zero-order valence-electron chi connectivity index (χ0n) is 19.0. The third-order valence-electron chi connectivity index (χ3n) is 5.67. The Hall–Kier alpha value is -3.67. The van der Waals surface area contributed by atoms with Crippen molar-refractivity contribution in [3.63, 3.8) is 0 Å². The maximum Gasteiger partial charge on any atom is 0.251 e. The lowest BCUT2D eigenvalue weighted by Gasteiger charge is -2.11. The first kappa shape index (κ1) is 22.5. The molecule has 0 spiro atoms. The first-order valence-electron chi connectivity index (χ1n) is 11.6. The van der Waals surface area contributed by atoms with Gasteiger partial charge in [-0.3, -0.25) is 9.78 Å². The number of aryl methyl sites for hydroxylation is 3.